The van der Waals surface area contributed by atoms with Crippen LogP contribution >= 0.6 is 11.6 Å². The first kappa shape index (κ1) is 11.7. The van der Waals surface area contributed by atoms with Crippen molar-refractivity contribution in [3.63, 3.8) is 0 Å². The van der Waals surface area contributed by atoms with Crippen molar-refractivity contribution in [3.05, 3.63) is 22.7 Å². The number of fused-ring (bicyclic) bond motifs is 1. The third-order valence-corrected chi connectivity index (χ3v) is 2.59. The van der Waals surface area contributed by atoms with Crippen LogP contribution in [0.5, 0.6) is 11.5 Å². The van der Waals surface area contributed by atoms with Gasteiger partial charge in [-0.3, -0.25) is 4.79 Å². The Labute approximate surface area is 102 Å². The van der Waals surface area contributed by atoms with E-state index in [4.69, 9.17) is 26.2 Å². The van der Waals surface area contributed by atoms with Crippen LogP contribution in [0, 0.1) is 0 Å². The van der Waals surface area contributed by atoms with Crippen molar-refractivity contribution in [2.45, 2.75) is 6.42 Å². The molecule has 0 unspecified atom stereocenters. The van der Waals surface area contributed by atoms with Gasteiger partial charge in [-0.15, -0.1) is 0 Å². The van der Waals surface area contributed by atoms with E-state index < -0.39 is 11.8 Å². The molecule has 0 spiro atoms. The molecule has 6 heteroatoms. The molecule has 2 rings (SSSR count). The predicted octanol–water partition coefficient (Wildman–Crippen LogP) is 1.77. The lowest BCUT2D eigenvalue weighted by atomic mass is 10.1. The zero-order valence-corrected chi connectivity index (χ0v) is 9.49. The van der Waals surface area contributed by atoms with Crippen LogP contribution in [0.25, 0.3) is 0 Å². The molecule has 0 saturated heterocycles. The Balaban J connectivity index is 2.45. The Hall–Kier alpha value is -1.75. The van der Waals surface area contributed by atoms with Crippen LogP contribution in [0.2, 0.25) is 5.02 Å². The molecular weight excluding hydrogens is 248 g/mol. The van der Waals surface area contributed by atoms with Crippen LogP contribution in [0.4, 0.5) is 0 Å². The van der Waals surface area contributed by atoms with E-state index in [-0.39, 0.29) is 10.6 Å². The van der Waals surface area contributed by atoms with Crippen LogP contribution in [-0.4, -0.2) is 30.1 Å². The second kappa shape index (κ2) is 4.63. The maximum atomic E-state index is 11.4. The Morgan fingerprint density at radius 3 is 2.35 bits per heavy atom. The van der Waals surface area contributed by atoms with E-state index in [1.54, 1.807) is 0 Å². The fraction of sp³-hybridized carbons (Fsp3) is 0.273. The Morgan fingerprint density at radius 1 is 1.18 bits per heavy atom. The molecule has 0 atom stereocenters. The topological polar surface area (TPSA) is 72.8 Å². The molecule has 0 radical (unpaired) electrons. The fourth-order valence-electron chi connectivity index (χ4n) is 1.47. The molecule has 0 saturated carbocycles. The van der Waals surface area contributed by atoms with Gasteiger partial charge in [0.2, 0.25) is 0 Å². The number of benzene rings is 1. The van der Waals surface area contributed by atoms with Gasteiger partial charge in [0.25, 0.3) is 5.78 Å². The van der Waals surface area contributed by atoms with Crippen LogP contribution < -0.4 is 9.47 Å². The van der Waals surface area contributed by atoms with Gasteiger partial charge < -0.3 is 14.6 Å². The summed E-state index contributed by atoms with van der Waals surface area (Å²) in [7, 11) is 0. The highest BCUT2D eigenvalue weighted by Gasteiger charge is 2.22. The summed E-state index contributed by atoms with van der Waals surface area (Å²) in [6, 6.07) is 2.71. The molecule has 1 aromatic carbocycles. The van der Waals surface area contributed by atoms with Crippen molar-refractivity contribution in [1.82, 2.24) is 0 Å². The molecule has 0 bridgehead atoms. The number of ether oxygens (including phenoxy) is 2. The molecule has 0 amide bonds. The van der Waals surface area contributed by atoms with Crippen LogP contribution in [0.15, 0.2) is 12.1 Å². The van der Waals surface area contributed by atoms with Gasteiger partial charge in [0.05, 0.1) is 23.8 Å². The molecule has 1 N–H and O–H groups in total. The number of carboxylic acid groups (broad SMARTS) is 1. The summed E-state index contributed by atoms with van der Waals surface area (Å²) in [5.41, 5.74) is -0.0941. The molecule has 0 aromatic heterocycles. The predicted molar refractivity (Wildman–Crippen MR) is 59.0 cm³/mol. The smallest absolute Gasteiger partial charge is 0.377 e. The SMILES string of the molecule is O=C(O)C(=O)c1cc2c(cc1Cl)OCCCO2. The number of hydrogen-bond acceptors (Lipinski definition) is 4. The lowest BCUT2D eigenvalue weighted by molar-refractivity contribution is -0.131. The largest absolute Gasteiger partial charge is 0.490 e. The van der Waals surface area contributed by atoms with Gasteiger partial charge in [-0.2, -0.15) is 0 Å². The first-order valence-electron chi connectivity index (χ1n) is 4.96. The lowest BCUT2D eigenvalue weighted by Crippen LogP contribution is -2.13. The monoisotopic (exact) mass is 256 g/mol. The summed E-state index contributed by atoms with van der Waals surface area (Å²) in [6.07, 6.45) is 0.717. The number of aliphatic carboxylic acids is 1. The quantitative estimate of drug-likeness (QED) is 0.645. The highest BCUT2D eigenvalue weighted by molar-refractivity contribution is 6.45. The molecule has 17 heavy (non-hydrogen) atoms. The Morgan fingerprint density at radius 2 is 1.76 bits per heavy atom. The zero-order valence-electron chi connectivity index (χ0n) is 8.73. The normalized spacial score (nSPS) is 13.9. The van der Waals surface area contributed by atoms with Crippen molar-refractivity contribution in [2.75, 3.05) is 13.2 Å². The van der Waals surface area contributed by atoms with Crippen LogP contribution in [0.1, 0.15) is 16.8 Å². The summed E-state index contributed by atoms with van der Waals surface area (Å²) in [4.78, 5) is 22.0. The average Bonchev–Trinajstić information content (AvgIpc) is 2.51. The van der Waals surface area contributed by atoms with Crippen LogP contribution in [0.3, 0.4) is 0 Å². The number of carbonyl (C=O) groups is 2. The number of hydrogen-bond donors (Lipinski definition) is 1. The second-order valence-corrected chi connectivity index (χ2v) is 3.87. The maximum Gasteiger partial charge on any atom is 0.377 e. The molecule has 5 nitrogen and oxygen atoms in total. The van der Waals surface area contributed by atoms with Crippen molar-refractivity contribution in [1.29, 1.82) is 0 Å². The number of carboxylic acids is 1. The van der Waals surface area contributed by atoms with Gasteiger partial charge in [-0.05, 0) is 6.07 Å². The van der Waals surface area contributed by atoms with Gasteiger partial charge in [-0.1, -0.05) is 11.6 Å². The number of rotatable bonds is 2. The molecule has 1 heterocycles. The maximum absolute atomic E-state index is 11.4. The van der Waals surface area contributed by atoms with Gasteiger partial charge in [0.1, 0.15) is 0 Å². The van der Waals surface area contributed by atoms with E-state index in [2.05, 4.69) is 0 Å². The molecule has 1 aliphatic heterocycles. The van der Waals surface area contributed by atoms with Gasteiger partial charge in [0.15, 0.2) is 11.5 Å². The summed E-state index contributed by atoms with van der Waals surface area (Å²) in [6.45, 7) is 0.949. The van der Waals surface area contributed by atoms with Gasteiger partial charge in [-0.25, -0.2) is 4.79 Å². The third kappa shape index (κ3) is 2.34. The first-order chi connectivity index (χ1) is 8.09. The van der Waals surface area contributed by atoms with E-state index in [1.807, 2.05) is 0 Å². The minimum absolute atomic E-state index is 0.0432. The van der Waals surface area contributed by atoms with Gasteiger partial charge >= 0.3 is 5.97 Å². The second-order valence-electron chi connectivity index (χ2n) is 3.46. The molecule has 90 valence electrons. The number of carbonyl (C=O) groups excluding carboxylic acids is 1. The Bertz CT molecular complexity index is 483. The number of ketones is 1. The van der Waals surface area contributed by atoms with E-state index in [0.29, 0.717) is 31.1 Å². The van der Waals surface area contributed by atoms with E-state index in [0.717, 1.165) is 0 Å². The fourth-order valence-corrected chi connectivity index (χ4v) is 1.71. The molecule has 1 aromatic rings. The highest BCUT2D eigenvalue weighted by atomic mass is 35.5. The molecule has 0 aliphatic carbocycles. The molecule has 1 aliphatic rings. The van der Waals surface area contributed by atoms with Crippen LogP contribution in [-0.2, 0) is 4.79 Å². The number of Topliss-reactive ketones (excluding diaryl/α,β-unsaturated/α-hetero) is 1. The van der Waals surface area contributed by atoms with Crippen molar-refractivity contribution < 1.29 is 24.2 Å². The number of halogens is 1. The molecular formula is C11H9ClO5. The van der Waals surface area contributed by atoms with E-state index in [1.165, 1.54) is 12.1 Å². The summed E-state index contributed by atoms with van der Waals surface area (Å²) < 4.78 is 10.7. The zero-order chi connectivity index (χ0) is 12.4. The van der Waals surface area contributed by atoms with Crippen molar-refractivity contribution in [3.8, 4) is 11.5 Å². The Kier molecular flexibility index (Phi) is 3.19. The van der Waals surface area contributed by atoms with Crippen molar-refractivity contribution in [2.24, 2.45) is 0 Å². The van der Waals surface area contributed by atoms with E-state index >= 15 is 0 Å². The molecule has 0 fully saturated rings. The summed E-state index contributed by atoms with van der Waals surface area (Å²) in [5.74, 6) is -1.85. The summed E-state index contributed by atoms with van der Waals surface area (Å²) >= 11 is 5.83. The van der Waals surface area contributed by atoms with Gasteiger partial charge in [0, 0.05) is 12.5 Å². The highest BCUT2D eigenvalue weighted by Crippen LogP contribution is 2.35. The average molecular weight is 257 g/mol. The lowest BCUT2D eigenvalue weighted by Gasteiger charge is -2.09. The summed E-state index contributed by atoms with van der Waals surface area (Å²) in [5, 5.41) is 8.68. The van der Waals surface area contributed by atoms with E-state index in [9.17, 15) is 9.59 Å². The standard InChI is InChI=1S/C11H9ClO5/c12-7-5-9-8(16-2-1-3-17-9)4-6(7)10(13)11(14)15/h4-5H,1-3H2,(H,14,15). The van der Waals surface area contributed by atoms with Crippen molar-refractivity contribution >= 4 is 23.4 Å². The minimum Gasteiger partial charge on any atom is -0.490 e. The first-order valence-corrected chi connectivity index (χ1v) is 5.34. The third-order valence-electron chi connectivity index (χ3n) is 2.28. The minimum atomic E-state index is -1.55.